The molecule has 0 spiro atoms. The Labute approximate surface area is 210 Å². The highest BCUT2D eigenvalue weighted by Crippen LogP contribution is 2.26. The predicted octanol–water partition coefficient (Wildman–Crippen LogP) is 3.29. The number of rotatable bonds is 9. The van der Waals surface area contributed by atoms with E-state index in [2.05, 4.69) is 5.32 Å². The number of hydrogen-bond donors (Lipinski definition) is 3. The number of carboxylic acid groups (broad SMARTS) is 1. The van der Waals surface area contributed by atoms with Crippen molar-refractivity contribution in [2.24, 2.45) is 11.7 Å². The molecule has 36 heavy (non-hydrogen) atoms. The van der Waals surface area contributed by atoms with Crippen molar-refractivity contribution in [2.45, 2.75) is 38.9 Å². The van der Waals surface area contributed by atoms with Gasteiger partial charge in [0.1, 0.15) is 0 Å². The molecule has 1 aliphatic heterocycles. The van der Waals surface area contributed by atoms with E-state index >= 15 is 0 Å². The van der Waals surface area contributed by atoms with Gasteiger partial charge in [0.05, 0.1) is 12.3 Å². The Hall–Kier alpha value is -3.97. The molecule has 0 saturated carbocycles. The van der Waals surface area contributed by atoms with Crippen molar-refractivity contribution < 1.29 is 19.5 Å². The van der Waals surface area contributed by atoms with Gasteiger partial charge in [-0.05, 0) is 52.8 Å². The minimum absolute atomic E-state index is 0.156. The van der Waals surface area contributed by atoms with Gasteiger partial charge in [-0.25, -0.2) is 0 Å². The number of amides is 2. The van der Waals surface area contributed by atoms with Gasteiger partial charge in [0.2, 0.25) is 5.91 Å². The highest BCUT2D eigenvalue weighted by atomic mass is 16.4. The van der Waals surface area contributed by atoms with Crippen LogP contribution in [0, 0.1) is 5.92 Å². The molecular formula is C29H31N3O4. The van der Waals surface area contributed by atoms with Crippen LogP contribution in [0.4, 0.5) is 0 Å². The number of nitrogens with two attached hydrogens (primary N) is 1. The molecule has 4 rings (SSSR count). The number of nitrogens with zero attached hydrogens (tertiary/aromatic N) is 1. The quantitative estimate of drug-likeness (QED) is 0.431. The smallest absolute Gasteiger partial charge is 0.304 e. The summed E-state index contributed by atoms with van der Waals surface area (Å²) in [5.41, 5.74) is 11.0. The predicted molar refractivity (Wildman–Crippen MR) is 137 cm³/mol. The summed E-state index contributed by atoms with van der Waals surface area (Å²) in [5, 5.41) is 12.4. The van der Waals surface area contributed by atoms with E-state index in [1.54, 1.807) is 17.0 Å². The van der Waals surface area contributed by atoms with Gasteiger partial charge >= 0.3 is 5.97 Å². The van der Waals surface area contributed by atoms with Crippen LogP contribution >= 0.6 is 0 Å². The van der Waals surface area contributed by atoms with E-state index in [1.807, 2.05) is 60.7 Å². The summed E-state index contributed by atoms with van der Waals surface area (Å²) in [6, 6.07) is 23.1. The number of aliphatic carboxylic acids is 1. The molecule has 3 aromatic carbocycles. The average Bonchev–Trinajstić information content (AvgIpc) is 3.02. The second-order valence-corrected chi connectivity index (χ2v) is 9.18. The second kappa shape index (κ2) is 11.6. The van der Waals surface area contributed by atoms with Gasteiger partial charge in [0, 0.05) is 31.7 Å². The number of carbonyl (C=O) groups is 3. The van der Waals surface area contributed by atoms with Gasteiger partial charge in [0.25, 0.3) is 5.91 Å². The number of carbonyl (C=O) groups excluding carboxylic acids is 2. The summed E-state index contributed by atoms with van der Waals surface area (Å²) in [6.07, 6.45) is 0.744. The summed E-state index contributed by atoms with van der Waals surface area (Å²) in [4.78, 5) is 39.4. The monoisotopic (exact) mass is 485 g/mol. The van der Waals surface area contributed by atoms with Gasteiger partial charge in [-0.2, -0.15) is 0 Å². The Morgan fingerprint density at radius 3 is 2.36 bits per heavy atom. The first-order valence-corrected chi connectivity index (χ1v) is 12.2. The van der Waals surface area contributed by atoms with Crippen LogP contribution in [-0.2, 0) is 42.1 Å². The molecule has 0 aromatic heterocycles. The highest BCUT2D eigenvalue weighted by Gasteiger charge is 2.31. The van der Waals surface area contributed by atoms with Gasteiger partial charge in [0.15, 0.2) is 0 Å². The lowest BCUT2D eigenvalue weighted by molar-refractivity contribution is -0.144. The van der Waals surface area contributed by atoms with Crippen LogP contribution in [-0.4, -0.2) is 34.3 Å². The first kappa shape index (κ1) is 25.1. The van der Waals surface area contributed by atoms with Gasteiger partial charge < -0.3 is 21.1 Å². The van der Waals surface area contributed by atoms with Crippen molar-refractivity contribution >= 4 is 17.8 Å². The molecule has 0 radical (unpaired) electrons. The van der Waals surface area contributed by atoms with E-state index in [9.17, 15) is 19.5 Å². The normalized spacial score (nSPS) is 15.2. The zero-order valence-electron chi connectivity index (χ0n) is 20.2. The first-order valence-electron chi connectivity index (χ1n) is 12.2. The Kier molecular flexibility index (Phi) is 8.13. The lowest BCUT2D eigenvalue weighted by Crippen LogP contribution is -2.37. The molecule has 0 saturated heterocycles. The average molecular weight is 486 g/mol. The lowest BCUT2D eigenvalue weighted by Gasteiger charge is -2.24. The Morgan fingerprint density at radius 2 is 1.67 bits per heavy atom. The third kappa shape index (κ3) is 6.37. The summed E-state index contributed by atoms with van der Waals surface area (Å²) < 4.78 is 0. The highest BCUT2D eigenvalue weighted by molar-refractivity contribution is 5.94. The molecule has 0 aliphatic carbocycles. The molecule has 1 heterocycles. The molecule has 186 valence electrons. The van der Waals surface area contributed by atoms with Crippen LogP contribution in [0.5, 0.6) is 0 Å². The van der Waals surface area contributed by atoms with Crippen molar-refractivity contribution in [3.8, 4) is 0 Å². The van der Waals surface area contributed by atoms with Gasteiger partial charge in [-0.15, -0.1) is 0 Å². The molecule has 0 fully saturated rings. The van der Waals surface area contributed by atoms with Crippen LogP contribution in [0.25, 0.3) is 0 Å². The van der Waals surface area contributed by atoms with E-state index in [0.717, 1.165) is 27.8 Å². The second-order valence-electron chi connectivity index (χ2n) is 9.18. The van der Waals surface area contributed by atoms with Crippen molar-refractivity contribution in [3.05, 3.63) is 106 Å². The minimum Gasteiger partial charge on any atom is -0.481 e. The standard InChI is InChI=1S/C29H31N3O4/c30-17-21-6-8-22(9-7-21)18-31-28(35)23-10-11-24-19-32(13-12-20-4-2-1-3-5-20)29(36)26(16-27(33)34)15-25(24)14-23/h1-11,14,26H,12-13,15-19,30H2,(H,31,35)(H,33,34)/t26-/m1/s1. The van der Waals surface area contributed by atoms with E-state index < -0.39 is 11.9 Å². The maximum absolute atomic E-state index is 13.3. The number of benzene rings is 3. The lowest BCUT2D eigenvalue weighted by atomic mass is 9.93. The molecule has 3 aromatic rings. The summed E-state index contributed by atoms with van der Waals surface area (Å²) in [7, 11) is 0. The molecule has 7 nitrogen and oxygen atoms in total. The summed E-state index contributed by atoms with van der Waals surface area (Å²) >= 11 is 0. The number of nitrogens with one attached hydrogen (secondary N) is 1. The van der Waals surface area contributed by atoms with Crippen LogP contribution in [0.3, 0.4) is 0 Å². The molecule has 0 bridgehead atoms. The van der Waals surface area contributed by atoms with E-state index in [4.69, 9.17) is 5.73 Å². The van der Waals surface area contributed by atoms with Crippen molar-refractivity contribution in [1.82, 2.24) is 10.2 Å². The van der Waals surface area contributed by atoms with Gasteiger partial charge in [-0.3, -0.25) is 14.4 Å². The number of fused-ring (bicyclic) bond motifs is 1. The molecular weight excluding hydrogens is 454 g/mol. The molecule has 1 atom stereocenters. The van der Waals surface area contributed by atoms with E-state index in [-0.39, 0.29) is 18.2 Å². The topological polar surface area (TPSA) is 113 Å². The SMILES string of the molecule is NCc1ccc(CNC(=O)c2ccc3c(c2)C[C@H](CC(=O)O)C(=O)N(CCc2ccccc2)C3)cc1. The molecule has 0 unspecified atom stereocenters. The van der Waals surface area contributed by atoms with Crippen LogP contribution in [0.2, 0.25) is 0 Å². The fourth-order valence-corrected chi connectivity index (χ4v) is 4.55. The van der Waals surface area contributed by atoms with E-state index in [0.29, 0.717) is 44.6 Å². The molecule has 2 amide bonds. The fourth-order valence-electron chi connectivity index (χ4n) is 4.55. The largest absolute Gasteiger partial charge is 0.481 e. The maximum Gasteiger partial charge on any atom is 0.304 e. The molecule has 1 aliphatic rings. The molecule has 7 heteroatoms. The Morgan fingerprint density at radius 1 is 0.944 bits per heavy atom. The maximum atomic E-state index is 13.3. The Balaban J connectivity index is 1.49. The van der Waals surface area contributed by atoms with Crippen LogP contribution < -0.4 is 11.1 Å². The summed E-state index contributed by atoms with van der Waals surface area (Å²) in [5.74, 6) is -2.04. The zero-order valence-corrected chi connectivity index (χ0v) is 20.2. The number of hydrogen-bond acceptors (Lipinski definition) is 4. The van der Waals surface area contributed by atoms with Crippen molar-refractivity contribution in [3.63, 3.8) is 0 Å². The number of carboxylic acids is 1. The minimum atomic E-state index is -1.01. The van der Waals surface area contributed by atoms with Gasteiger partial charge in [-0.1, -0.05) is 60.7 Å². The molecule has 4 N–H and O–H groups in total. The fraction of sp³-hybridized carbons (Fsp3) is 0.276. The zero-order chi connectivity index (χ0) is 25.5. The third-order valence-corrected chi connectivity index (χ3v) is 6.60. The summed E-state index contributed by atoms with van der Waals surface area (Å²) in [6.45, 7) is 1.75. The third-order valence-electron chi connectivity index (χ3n) is 6.60. The van der Waals surface area contributed by atoms with E-state index in [1.165, 1.54) is 0 Å². The Bertz CT molecular complexity index is 1230. The van der Waals surface area contributed by atoms with Crippen LogP contribution in [0.1, 0.15) is 44.6 Å². The van der Waals surface area contributed by atoms with Crippen molar-refractivity contribution in [1.29, 1.82) is 0 Å². The van der Waals surface area contributed by atoms with Crippen molar-refractivity contribution in [2.75, 3.05) is 6.54 Å². The first-order chi connectivity index (χ1) is 17.4. The van der Waals surface area contributed by atoms with Crippen LogP contribution in [0.15, 0.2) is 72.8 Å².